The molecule has 0 saturated heterocycles. The van der Waals surface area contributed by atoms with Crippen molar-refractivity contribution in [3.8, 4) is 0 Å². The van der Waals surface area contributed by atoms with E-state index in [9.17, 15) is 14.4 Å². The van der Waals surface area contributed by atoms with Crippen LogP contribution < -0.4 is 0 Å². The summed E-state index contributed by atoms with van der Waals surface area (Å²) < 4.78 is 9.67. The highest BCUT2D eigenvalue weighted by Gasteiger charge is 2.05. The van der Waals surface area contributed by atoms with Crippen LogP contribution in [0.15, 0.2) is 24.3 Å². The SMILES string of the molecule is CCCCC/C=C\C/C=C\CCCCCCCC(=O)OCCN(C=O)CCOC=O. The Kier molecular flexibility index (Phi) is 21.5. The summed E-state index contributed by atoms with van der Waals surface area (Å²) in [5.41, 5.74) is 0. The van der Waals surface area contributed by atoms with Crippen LogP contribution in [0.3, 0.4) is 0 Å². The van der Waals surface area contributed by atoms with Gasteiger partial charge in [0.05, 0.1) is 13.1 Å². The summed E-state index contributed by atoms with van der Waals surface area (Å²) in [4.78, 5) is 34.0. The highest BCUT2D eigenvalue weighted by molar-refractivity contribution is 5.69. The molecule has 6 heteroatoms. The van der Waals surface area contributed by atoms with Crippen molar-refractivity contribution >= 4 is 18.9 Å². The predicted molar refractivity (Wildman–Crippen MR) is 120 cm³/mol. The van der Waals surface area contributed by atoms with Gasteiger partial charge in [0.15, 0.2) is 0 Å². The van der Waals surface area contributed by atoms with Crippen molar-refractivity contribution in [3.05, 3.63) is 24.3 Å². The molecule has 0 radical (unpaired) electrons. The van der Waals surface area contributed by atoms with Crippen LogP contribution in [0.25, 0.3) is 0 Å². The number of carbonyl (C=O) groups excluding carboxylic acids is 3. The standard InChI is InChI=1S/C24H41NO5/c1-2-3-4-5-6-7-8-9-10-11-12-13-14-15-16-17-24(28)30-21-19-25(22-26)18-20-29-23-27/h6-7,9-10,22-23H,2-5,8,11-21H2,1H3/b7-6-,10-9-. The van der Waals surface area contributed by atoms with E-state index < -0.39 is 0 Å². The van der Waals surface area contributed by atoms with E-state index in [4.69, 9.17) is 4.74 Å². The van der Waals surface area contributed by atoms with Crippen molar-refractivity contribution in [1.29, 1.82) is 0 Å². The lowest BCUT2D eigenvalue weighted by Crippen LogP contribution is -2.30. The number of amides is 1. The fraction of sp³-hybridized carbons (Fsp3) is 0.708. The molecule has 0 unspecified atom stereocenters. The fourth-order valence-electron chi connectivity index (χ4n) is 2.86. The molecule has 0 saturated carbocycles. The summed E-state index contributed by atoms with van der Waals surface area (Å²) in [5.74, 6) is -0.226. The highest BCUT2D eigenvalue weighted by atomic mass is 16.5. The van der Waals surface area contributed by atoms with Crippen molar-refractivity contribution < 1.29 is 23.9 Å². The van der Waals surface area contributed by atoms with Gasteiger partial charge in [0.2, 0.25) is 6.41 Å². The Morgan fingerprint density at radius 1 is 0.800 bits per heavy atom. The molecule has 0 heterocycles. The molecule has 6 nitrogen and oxygen atoms in total. The van der Waals surface area contributed by atoms with Gasteiger partial charge in [-0.25, -0.2) is 0 Å². The van der Waals surface area contributed by atoms with E-state index in [0.717, 1.165) is 32.1 Å². The minimum Gasteiger partial charge on any atom is -0.466 e. The smallest absolute Gasteiger partial charge is 0.305 e. The number of nitrogens with zero attached hydrogens (tertiary/aromatic N) is 1. The number of rotatable bonds is 22. The van der Waals surface area contributed by atoms with Gasteiger partial charge in [0.25, 0.3) is 6.47 Å². The minimum absolute atomic E-state index is 0.141. The lowest BCUT2D eigenvalue weighted by atomic mass is 10.1. The van der Waals surface area contributed by atoms with Crippen LogP contribution >= 0.6 is 0 Å². The third-order valence-electron chi connectivity index (χ3n) is 4.69. The van der Waals surface area contributed by atoms with Crippen LogP contribution in [-0.4, -0.2) is 50.1 Å². The number of unbranched alkanes of at least 4 members (excludes halogenated alkanes) is 8. The monoisotopic (exact) mass is 423 g/mol. The summed E-state index contributed by atoms with van der Waals surface area (Å²) in [5, 5.41) is 0. The van der Waals surface area contributed by atoms with Crippen LogP contribution in [0, 0.1) is 0 Å². The highest BCUT2D eigenvalue weighted by Crippen LogP contribution is 2.08. The molecular weight excluding hydrogens is 382 g/mol. The van der Waals surface area contributed by atoms with Gasteiger partial charge < -0.3 is 14.4 Å². The largest absolute Gasteiger partial charge is 0.466 e. The first-order valence-electron chi connectivity index (χ1n) is 11.4. The van der Waals surface area contributed by atoms with Crippen molar-refractivity contribution in [2.24, 2.45) is 0 Å². The molecule has 0 bridgehead atoms. The average Bonchev–Trinajstić information content (AvgIpc) is 2.75. The number of hydrogen-bond donors (Lipinski definition) is 0. The maximum atomic E-state index is 11.7. The lowest BCUT2D eigenvalue weighted by molar-refractivity contribution is -0.145. The Bertz CT molecular complexity index is 476. The normalized spacial score (nSPS) is 11.1. The van der Waals surface area contributed by atoms with E-state index >= 15 is 0 Å². The summed E-state index contributed by atoms with van der Waals surface area (Å²) in [6.07, 6.45) is 22.7. The Morgan fingerprint density at radius 3 is 2.10 bits per heavy atom. The summed E-state index contributed by atoms with van der Waals surface area (Å²) in [7, 11) is 0. The zero-order valence-corrected chi connectivity index (χ0v) is 18.8. The second-order valence-corrected chi connectivity index (χ2v) is 7.31. The third-order valence-corrected chi connectivity index (χ3v) is 4.69. The zero-order valence-electron chi connectivity index (χ0n) is 18.8. The molecule has 0 aliphatic heterocycles. The minimum atomic E-state index is -0.226. The maximum absolute atomic E-state index is 11.7. The quantitative estimate of drug-likeness (QED) is 0.106. The molecule has 0 aromatic heterocycles. The summed E-state index contributed by atoms with van der Waals surface area (Å²) in [6.45, 7) is 3.48. The summed E-state index contributed by atoms with van der Waals surface area (Å²) >= 11 is 0. The second kappa shape index (κ2) is 23.2. The molecule has 0 aromatic carbocycles. The summed E-state index contributed by atoms with van der Waals surface area (Å²) in [6, 6.07) is 0. The number of esters is 1. The number of hydrogen-bond acceptors (Lipinski definition) is 5. The first kappa shape index (κ1) is 27.9. The Morgan fingerprint density at radius 2 is 1.43 bits per heavy atom. The van der Waals surface area contributed by atoms with Crippen LogP contribution in [0.1, 0.15) is 84.0 Å². The van der Waals surface area contributed by atoms with E-state index in [2.05, 4.69) is 36.0 Å². The molecule has 0 spiro atoms. The zero-order chi connectivity index (χ0) is 22.1. The second-order valence-electron chi connectivity index (χ2n) is 7.31. The van der Waals surface area contributed by atoms with Crippen molar-refractivity contribution in [3.63, 3.8) is 0 Å². The average molecular weight is 424 g/mol. The van der Waals surface area contributed by atoms with Gasteiger partial charge in [-0.05, 0) is 38.5 Å². The van der Waals surface area contributed by atoms with Crippen LogP contribution in [0.5, 0.6) is 0 Å². The molecule has 0 aliphatic rings. The molecule has 0 aliphatic carbocycles. The Balaban J connectivity index is 3.44. The van der Waals surface area contributed by atoms with Gasteiger partial charge >= 0.3 is 5.97 Å². The fourth-order valence-corrected chi connectivity index (χ4v) is 2.86. The van der Waals surface area contributed by atoms with E-state index in [1.54, 1.807) is 0 Å². The van der Waals surface area contributed by atoms with Gasteiger partial charge in [-0.2, -0.15) is 0 Å². The lowest BCUT2D eigenvalue weighted by Gasteiger charge is -2.16. The van der Waals surface area contributed by atoms with Gasteiger partial charge in [-0.1, -0.05) is 63.3 Å². The molecular formula is C24H41NO5. The molecule has 0 fully saturated rings. The molecule has 0 aromatic rings. The first-order chi connectivity index (χ1) is 14.7. The molecule has 0 N–H and O–H groups in total. The molecule has 0 atom stereocenters. The maximum Gasteiger partial charge on any atom is 0.305 e. The van der Waals surface area contributed by atoms with E-state index in [1.807, 2.05) is 0 Å². The number of allylic oxidation sites excluding steroid dienone is 4. The van der Waals surface area contributed by atoms with Gasteiger partial charge in [-0.3, -0.25) is 14.4 Å². The van der Waals surface area contributed by atoms with E-state index in [0.29, 0.717) is 32.4 Å². The van der Waals surface area contributed by atoms with Crippen LogP contribution in [-0.2, 0) is 23.9 Å². The van der Waals surface area contributed by atoms with Crippen LogP contribution in [0.4, 0.5) is 0 Å². The Labute approximate surface area is 182 Å². The van der Waals surface area contributed by atoms with Gasteiger partial charge in [0.1, 0.15) is 13.2 Å². The van der Waals surface area contributed by atoms with Crippen molar-refractivity contribution in [2.75, 3.05) is 26.3 Å². The molecule has 0 rings (SSSR count). The number of carbonyl (C=O) groups is 3. The van der Waals surface area contributed by atoms with Gasteiger partial charge in [0, 0.05) is 6.42 Å². The van der Waals surface area contributed by atoms with Gasteiger partial charge in [-0.15, -0.1) is 0 Å². The van der Waals surface area contributed by atoms with Crippen LogP contribution in [0.2, 0.25) is 0 Å². The van der Waals surface area contributed by atoms with E-state index in [1.165, 1.54) is 43.4 Å². The predicted octanol–water partition coefficient (Wildman–Crippen LogP) is 4.97. The molecule has 30 heavy (non-hydrogen) atoms. The third kappa shape index (κ3) is 20.6. The van der Waals surface area contributed by atoms with E-state index in [-0.39, 0.29) is 19.2 Å². The molecule has 172 valence electrons. The topological polar surface area (TPSA) is 72.9 Å². The number of ether oxygens (including phenoxy) is 2. The Hall–Kier alpha value is -2.11. The van der Waals surface area contributed by atoms with Crippen molar-refractivity contribution in [2.45, 2.75) is 84.0 Å². The molecule has 1 amide bonds. The first-order valence-corrected chi connectivity index (χ1v) is 11.4. The van der Waals surface area contributed by atoms with Crippen molar-refractivity contribution in [1.82, 2.24) is 4.90 Å².